The van der Waals surface area contributed by atoms with Crippen molar-refractivity contribution in [3.8, 4) is 17.6 Å². The third kappa shape index (κ3) is 6.99. The molecule has 1 fully saturated rings. The van der Waals surface area contributed by atoms with Crippen LogP contribution in [0.5, 0.6) is 5.75 Å². The lowest BCUT2D eigenvalue weighted by Crippen LogP contribution is -2.24. The number of aliphatic hydroxyl groups is 1. The molecule has 142 valence electrons. The normalized spacial score (nSPS) is 16.5. The SMILES string of the molecule is COc1ccc(COCC#CCC2CC(=C(CO)C[Si](C)(C)C)C2)cc1. The van der Waals surface area contributed by atoms with Crippen LogP contribution in [0, 0.1) is 17.8 Å². The summed E-state index contributed by atoms with van der Waals surface area (Å²) >= 11 is 0. The van der Waals surface area contributed by atoms with Crippen LogP contribution in [0.25, 0.3) is 0 Å². The summed E-state index contributed by atoms with van der Waals surface area (Å²) in [6.45, 7) is 8.35. The van der Waals surface area contributed by atoms with Gasteiger partial charge in [-0.15, -0.1) is 5.92 Å². The van der Waals surface area contributed by atoms with Crippen LogP contribution in [0.3, 0.4) is 0 Å². The van der Waals surface area contributed by atoms with Gasteiger partial charge in [0, 0.05) is 14.5 Å². The Labute approximate surface area is 159 Å². The Balaban J connectivity index is 1.65. The van der Waals surface area contributed by atoms with Gasteiger partial charge in [-0.25, -0.2) is 0 Å². The lowest BCUT2D eigenvalue weighted by molar-refractivity contribution is 0.153. The number of benzene rings is 1. The molecule has 0 atom stereocenters. The lowest BCUT2D eigenvalue weighted by Gasteiger charge is -2.32. The van der Waals surface area contributed by atoms with Crippen LogP contribution in [-0.2, 0) is 11.3 Å². The first-order valence-corrected chi connectivity index (χ1v) is 13.1. The van der Waals surface area contributed by atoms with Crippen LogP contribution in [-0.4, -0.2) is 33.5 Å². The van der Waals surface area contributed by atoms with Gasteiger partial charge in [0.05, 0.1) is 20.3 Å². The summed E-state index contributed by atoms with van der Waals surface area (Å²) in [5.41, 5.74) is 3.91. The number of hydrogen-bond acceptors (Lipinski definition) is 3. The van der Waals surface area contributed by atoms with Crippen molar-refractivity contribution < 1.29 is 14.6 Å². The molecule has 0 aliphatic heterocycles. The fraction of sp³-hybridized carbons (Fsp3) is 0.545. The summed E-state index contributed by atoms with van der Waals surface area (Å²) in [6.07, 6.45) is 3.16. The third-order valence-electron chi connectivity index (χ3n) is 4.62. The van der Waals surface area contributed by atoms with Gasteiger partial charge < -0.3 is 14.6 Å². The molecule has 0 amide bonds. The molecule has 2 rings (SSSR count). The summed E-state index contributed by atoms with van der Waals surface area (Å²) in [7, 11) is 0.514. The van der Waals surface area contributed by atoms with Gasteiger partial charge in [-0.05, 0) is 48.1 Å². The highest BCUT2D eigenvalue weighted by Crippen LogP contribution is 2.39. The summed E-state index contributed by atoms with van der Waals surface area (Å²) in [5.74, 6) is 7.88. The molecule has 1 saturated carbocycles. The first-order valence-electron chi connectivity index (χ1n) is 9.38. The van der Waals surface area contributed by atoms with E-state index in [0.29, 0.717) is 19.1 Å². The highest BCUT2D eigenvalue weighted by atomic mass is 28.3. The van der Waals surface area contributed by atoms with Crippen LogP contribution in [0.4, 0.5) is 0 Å². The lowest BCUT2D eigenvalue weighted by atomic mass is 9.76. The predicted octanol–water partition coefficient (Wildman–Crippen LogP) is 4.64. The van der Waals surface area contributed by atoms with E-state index in [1.807, 2.05) is 24.3 Å². The second kappa shape index (κ2) is 9.96. The molecule has 1 aliphatic carbocycles. The second-order valence-corrected chi connectivity index (χ2v) is 13.8. The van der Waals surface area contributed by atoms with Crippen molar-refractivity contribution in [2.75, 3.05) is 20.3 Å². The van der Waals surface area contributed by atoms with Crippen molar-refractivity contribution >= 4 is 8.07 Å². The molecular weight excluding hydrogens is 340 g/mol. The molecular formula is C22H32O3Si. The van der Waals surface area contributed by atoms with Gasteiger partial charge in [-0.3, -0.25) is 0 Å². The molecule has 0 spiro atoms. The van der Waals surface area contributed by atoms with Crippen molar-refractivity contribution in [3.05, 3.63) is 41.0 Å². The summed E-state index contributed by atoms with van der Waals surface area (Å²) < 4.78 is 10.7. The Morgan fingerprint density at radius 1 is 1.15 bits per heavy atom. The Morgan fingerprint density at radius 3 is 2.42 bits per heavy atom. The fourth-order valence-electron chi connectivity index (χ4n) is 3.21. The number of allylic oxidation sites excluding steroid dienone is 1. The van der Waals surface area contributed by atoms with Gasteiger partial charge in [0.2, 0.25) is 0 Å². The van der Waals surface area contributed by atoms with E-state index in [0.717, 1.165) is 36.6 Å². The van der Waals surface area contributed by atoms with Crippen LogP contribution in [0.2, 0.25) is 25.7 Å². The first-order chi connectivity index (χ1) is 12.4. The number of aliphatic hydroxyl groups excluding tert-OH is 1. The van der Waals surface area contributed by atoms with Crippen molar-refractivity contribution in [1.29, 1.82) is 0 Å². The predicted molar refractivity (Wildman–Crippen MR) is 110 cm³/mol. The van der Waals surface area contributed by atoms with E-state index in [1.165, 1.54) is 11.1 Å². The van der Waals surface area contributed by atoms with E-state index in [1.54, 1.807) is 7.11 Å². The van der Waals surface area contributed by atoms with Gasteiger partial charge in [0.15, 0.2) is 0 Å². The van der Waals surface area contributed by atoms with E-state index in [-0.39, 0.29) is 6.61 Å². The smallest absolute Gasteiger partial charge is 0.118 e. The molecule has 0 saturated heterocycles. The number of ether oxygens (including phenoxy) is 2. The molecule has 4 heteroatoms. The average molecular weight is 373 g/mol. The summed E-state index contributed by atoms with van der Waals surface area (Å²) in [6, 6.07) is 9.02. The quantitative estimate of drug-likeness (QED) is 0.313. The number of rotatable bonds is 8. The zero-order valence-corrected chi connectivity index (χ0v) is 17.6. The molecule has 26 heavy (non-hydrogen) atoms. The zero-order chi connectivity index (χ0) is 19.0. The van der Waals surface area contributed by atoms with Crippen LogP contribution in [0.1, 0.15) is 24.8 Å². The van der Waals surface area contributed by atoms with Gasteiger partial charge in [-0.1, -0.05) is 43.3 Å². The van der Waals surface area contributed by atoms with E-state index in [2.05, 4.69) is 31.5 Å². The third-order valence-corrected chi connectivity index (χ3v) is 6.11. The number of hydrogen-bond donors (Lipinski definition) is 1. The molecule has 1 aromatic rings. The van der Waals surface area contributed by atoms with Gasteiger partial charge in [0.1, 0.15) is 12.4 Å². The highest BCUT2D eigenvalue weighted by Gasteiger charge is 2.27. The minimum Gasteiger partial charge on any atom is -0.497 e. The van der Waals surface area contributed by atoms with E-state index in [4.69, 9.17) is 9.47 Å². The Kier molecular flexibility index (Phi) is 7.96. The molecule has 1 N–H and O–H groups in total. The minimum atomic E-state index is -1.15. The van der Waals surface area contributed by atoms with E-state index < -0.39 is 8.07 Å². The first kappa shape index (κ1) is 20.8. The standard InChI is InChI=1S/C22H32O3Si/c1-24-22-10-8-18(9-11-22)16-25-12-6-5-7-19-13-20(14-19)21(15-23)17-26(2,3)4/h8-11,19,23H,7,12-17H2,1-4H3. The second-order valence-electron chi connectivity index (χ2n) is 8.28. The monoisotopic (exact) mass is 372 g/mol. The van der Waals surface area contributed by atoms with Crippen molar-refractivity contribution in [2.45, 2.75) is 51.6 Å². The van der Waals surface area contributed by atoms with Gasteiger partial charge in [0.25, 0.3) is 0 Å². The largest absolute Gasteiger partial charge is 0.497 e. The fourth-order valence-corrected chi connectivity index (χ4v) is 4.85. The molecule has 0 aromatic heterocycles. The Hall–Kier alpha value is -1.54. The summed E-state index contributed by atoms with van der Waals surface area (Å²) in [5, 5.41) is 9.62. The highest BCUT2D eigenvalue weighted by molar-refractivity contribution is 6.76. The minimum absolute atomic E-state index is 0.233. The molecule has 0 heterocycles. The maximum absolute atomic E-state index is 9.62. The maximum atomic E-state index is 9.62. The van der Waals surface area contributed by atoms with Crippen LogP contribution >= 0.6 is 0 Å². The molecule has 0 radical (unpaired) electrons. The Bertz CT molecular complexity index is 651. The van der Waals surface area contributed by atoms with Crippen LogP contribution in [0.15, 0.2) is 35.4 Å². The molecule has 1 aromatic carbocycles. The summed E-state index contributed by atoms with van der Waals surface area (Å²) in [4.78, 5) is 0. The number of methoxy groups -OCH3 is 1. The maximum Gasteiger partial charge on any atom is 0.118 e. The topological polar surface area (TPSA) is 38.7 Å². The van der Waals surface area contributed by atoms with Crippen LogP contribution < -0.4 is 4.74 Å². The molecule has 1 aliphatic rings. The zero-order valence-electron chi connectivity index (χ0n) is 16.6. The molecule has 0 bridgehead atoms. The van der Waals surface area contributed by atoms with E-state index >= 15 is 0 Å². The molecule has 3 nitrogen and oxygen atoms in total. The van der Waals surface area contributed by atoms with Crippen molar-refractivity contribution in [1.82, 2.24) is 0 Å². The average Bonchev–Trinajstić information content (AvgIpc) is 2.57. The Morgan fingerprint density at radius 2 is 1.85 bits per heavy atom. The van der Waals surface area contributed by atoms with Crippen molar-refractivity contribution in [2.24, 2.45) is 5.92 Å². The van der Waals surface area contributed by atoms with Gasteiger partial charge >= 0.3 is 0 Å². The molecule has 0 unspecified atom stereocenters. The van der Waals surface area contributed by atoms with Gasteiger partial charge in [-0.2, -0.15) is 0 Å². The van der Waals surface area contributed by atoms with E-state index in [9.17, 15) is 5.11 Å². The van der Waals surface area contributed by atoms with Crippen molar-refractivity contribution in [3.63, 3.8) is 0 Å².